The van der Waals surface area contributed by atoms with Crippen LogP contribution in [0.3, 0.4) is 0 Å². The Morgan fingerprint density at radius 3 is 2.37 bits per heavy atom. The summed E-state index contributed by atoms with van der Waals surface area (Å²) in [5.74, 6) is -1.03. The number of hydrogen-bond acceptors (Lipinski definition) is 9. The third-order valence-electron chi connectivity index (χ3n) is 6.64. The highest BCUT2D eigenvalue weighted by Crippen LogP contribution is 2.40. The molecule has 0 spiro atoms. The van der Waals surface area contributed by atoms with Gasteiger partial charge in [0.2, 0.25) is 0 Å². The van der Waals surface area contributed by atoms with Crippen molar-refractivity contribution in [2.24, 2.45) is 5.73 Å². The average Bonchev–Trinajstić information content (AvgIpc) is 3.61. The van der Waals surface area contributed by atoms with Gasteiger partial charge >= 0.3 is 12.5 Å². The average molecular weight is 661 g/mol. The number of sulfone groups is 1. The Morgan fingerprint density at radius 1 is 1.04 bits per heavy atom. The molecule has 3 N–H and O–H groups in total. The van der Waals surface area contributed by atoms with Gasteiger partial charge in [-0.1, -0.05) is 6.07 Å². The Kier molecular flexibility index (Phi) is 8.60. The maximum absolute atomic E-state index is 15.1. The third-order valence-corrected chi connectivity index (χ3v) is 7.80. The number of carbonyl (C=O) groups is 1. The minimum absolute atomic E-state index is 0.153. The largest absolute Gasteiger partial charge is 0.573 e. The highest BCUT2D eigenvalue weighted by Gasteiger charge is 2.31. The zero-order chi connectivity index (χ0) is 33.4. The van der Waals surface area contributed by atoms with Crippen LogP contribution in [0.1, 0.15) is 17.1 Å². The van der Waals surface area contributed by atoms with Gasteiger partial charge in [-0.05, 0) is 65.7 Å². The Morgan fingerprint density at radius 2 is 1.74 bits per heavy atom. The number of amides is 1. The van der Waals surface area contributed by atoms with Gasteiger partial charge in [0.1, 0.15) is 29.6 Å². The number of aryl methyl sites for hydroxylation is 1. The van der Waals surface area contributed by atoms with Crippen LogP contribution in [0.25, 0.3) is 39.4 Å². The number of ether oxygens (including phenoxy) is 2. The van der Waals surface area contributed by atoms with Gasteiger partial charge in [-0.2, -0.15) is 5.10 Å². The molecular weight excluding hydrogens is 636 g/mol. The lowest BCUT2D eigenvalue weighted by Crippen LogP contribution is -2.16. The van der Waals surface area contributed by atoms with Crippen LogP contribution < -0.4 is 10.5 Å². The monoisotopic (exact) mass is 660 g/mol. The van der Waals surface area contributed by atoms with E-state index in [0.29, 0.717) is 28.1 Å². The fraction of sp³-hybridized carbons (Fsp3) is 0.167. The van der Waals surface area contributed by atoms with Gasteiger partial charge in [0, 0.05) is 36.1 Å². The fourth-order valence-corrected chi connectivity index (χ4v) is 5.65. The smallest absolute Gasteiger partial charge is 0.443 e. The number of primary amides is 1. The first-order chi connectivity index (χ1) is 21.6. The SMILES string of the molecule is Cc1nc(-c2ccc(OC(F)(F)F)cc2)c(-c2cc(-c3cc(F)c(CO)c(S(C)(=O)=O)c3)ccc2-n2ccc(COC(N)=O)n2)o1. The summed E-state index contributed by atoms with van der Waals surface area (Å²) < 4.78 is 94.3. The second-order valence-electron chi connectivity index (χ2n) is 9.94. The highest BCUT2D eigenvalue weighted by atomic mass is 32.2. The van der Waals surface area contributed by atoms with Gasteiger partial charge in [0.25, 0.3) is 0 Å². The standard InChI is InChI=1S/C30H24F4N4O7S/c1-16-36-27(17-3-6-21(7-4-17)45-30(32,33)34)28(44-16)22-11-18(19-12-24(31)23(14-39)26(13-19)46(2,41)42)5-8-25(22)38-10-9-20(37-38)15-43-29(35)40/h3-13,39H,14-15H2,1-2H3,(H2,35,40). The zero-order valence-corrected chi connectivity index (χ0v) is 24.8. The van der Waals surface area contributed by atoms with Crippen molar-refractivity contribution in [1.82, 2.24) is 14.8 Å². The van der Waals surface area contributed by atoms with Crippen LogP contribution in [0.5, 0.6) is 5.75 Å². The van der Waals surface area contributed by atoms with Gasteiger partial charge in [0.05, 0.1) is 17.2 Å². The first kappa shape index (κ1) is 32.2. The lowest BCUT2D eigenvalue weighted by atomic mass is 9.97. The van der Waals surface area contributed by atoms with Crippen LogP contribution in [0.15, 0.2) is 76.2 Å². The number of aromatic nitrogens is 3. The minimum Gasteiger partial charge on any atom is -0.443 e. The molecule has 0 fully saturated rings. The number of aliphatic hydroxyl groups excluding tert-OH is 1. The van der Waals surface area contributed by atoms with Crippen molar-refractivity contribution in [3.8, 4) is 45.1 Å². The van der Waals surface area contributed by atoms with Crippen LogP contribution >= 0.6 is 0 Å². The van der Waals surface area contributed by atoms with E-state index in [0.717, 1.165) is 24.5 Å². The van der Waals surface area contributed by atoms with E-state index in [2.05, 4.69) is 14.8 Å². The number of rotatable bonds is 9. The van der Waals surface area contributed by atoms with Crippen LogP contribution in [0.2, 0.25) is 0 Å². The highest BCUT2D eigenvalue weighted by molar-refractivity contribution is 7.90. The van der Waals surface area contributed by atoms with Crippen molar-refractivity contribution < 1.29 is 49.8 Å². The lowest BCUT2D eigenvalue weighted by molar-refractivity contribution is -0.274. The van der Waals surface area contributed by atoms with Crippen molar-refractivity contribution in [3.05, 3.63) is 89.8 Å². The van der Waals surface area contributed by atoms with E-state index >= 15 is 4.39 Å². The molecule has 0 radical (unpaired) electrons. The summed E-state index contributed by atoms with van der Waals surface area (Å²) in [5.41, 5.74) is 6.82. The molecule has 46 heavy (non-hydrogen) atoms. The van der Waals surface area contributed by atoms with Gasteiger partial charge in [0.15, 0.2) is 21.5 Å². The fourth-order valence-electron chi connectivity index (χ4n) is 4.70. The van der Waals surface area contributed by atoms with Gasteiger partial charge < -0.3 is 24.7 Å². The summed E-state index contributed by atoms with van der Waals surface area (Å²) >= 11 is 0. The first-order valence-corrected chi connectivity index (χ1v) is 15.1. The van der Waals surface area contributed by atoms with E-state index in [9.17, 15) is 31.5 Å². The van der Waals surface area contributed by atoms with E-state index in [4.69, 9.17) is 14.9 Å². The van der Waals surface area contributed by atoms with E-state index in [-0.39, 0.29) is 40.0 Å². The van der Waals surface area contributed by atoms with Crippen molar-refractivity contribution >= 4 is 15.9 Å². The molecule has 16 heteroatoms. The number of halogens is 4. The molecule has 3 aromatic carbocycles. The molecule has 0 atom stereocenters. The Labute approximate surface area is 258 Å². The van der Waals surface area contributed by atoms with Gasteiger partial charge in [-0.15, -0.1) is 13.2 Å². The van der Waals surface area contributed by atoms with E-state index < -0.39 is 40.5 Å². The number of benzene rings is 3. The Bertz CT molecular complexity index is 2040. The summed E-state index contributed by atoms with van der Waals surface area (Å²) in [6.07, 6.45) is -3.43. The molecule has 11 nitrogen and oxygen atoms in total. The normalized spacial score (nSPS) is 11.9. The first-order valence-electron chi connectivity index (χ1n) is 13.2. The maximum Gasteiger partial charge on any atom is 0.573 e. The summed E-state index contributed by atoms with van der Waals surface area (Å²) in [7, 11) is -3.94. The quantitative estimate of drug-likeness (QED) is 0.189. The van der Waals surface area contributed by atoms with Crippen LogP contribution in [0.4, 0.5) is 22.4 Å². The summed E-state index contributed by atoms with van der Waals surface area (Å²) in [6, 6.07) is 13.6. The number of aliphatic hydroxyl groups is 1. The lowest BCUT2D eigenvalue weighted by Gasteiger charge is -2.14. The topological polar surface area (TPSA) is 160 Å². The molecule has 0 saturated heterocycles. The maximum atomic E-state index is 15.1. The molecule has 240 valence electrons. The Balaban J connectivity index is 1.69. The van der Waals surface area contributed by atoms with E-state index in [1.165, 1.54) is 22.9 Å². The molecule has 5 rings (SSSR count). The number of nitrogens with two attached hydrogens (primary N) is 1. The van der Waals surface area contributed by atoms with Gasteiger partial charge in [-0.25, -0.2) is 27.3 Å². The number of nitrogens with zero attached hydrogens (tertiary/aromatic N) is 3. The molecule has 2 aromatic heterocycles. The molecule has 2 heterocycles. The van der Waals surface area contributed by atoms with E-state index in [1.54, 1.807) is 37.4 Å². The number of alkyl halides is 3. The molecule has 5 aromatic rings. The molecular formula is C30H24F4N4O7S. The van der Waals surface area contributed by atoms with Crippen LogP contribution in [-0.4, -0.2) is 47.0 Å². The molecule has 0 aliphatic rings. The second kappa shape index (κ2) is 12.3. The Hall–Kier alpha value is -5.22. The predicted octanol–water partition coefficient (Wildman–Crippen LogP) is 5.70. The minimum atomic E-state index is -4.89. The van der Waals surface area contributed by atoms with Crippen molar-refractivity contribution in [1.29, 1.82) is 0 Å². The molecule has 0 aliphatic carbocycles. The van der Waals surface area contributed by atoms with E-state index in [1.807, 2.05) is 0 Å². The summed E-state index contributed by atoms with van der Waals surface area (Å²) in [5, 5.41) is 14.0. The molecule has 0 bridgehead atoms. The summed E-state index contributed by atoms with van der Waals surface area (Å²) in [6.45, 7) is 0.499. The molecule has 0 aliphatic heterocycles. The molecule has 0 unspecified atom stereocenters. The molecule has 1 amide bonds. The van der Waals surface area contributed by atoms with Crippen molar-refractivity contribution in [2.45, 2.75) is 31.4 Å². The van der Waals surface area contributed by atoms with Crippen molar-refractivity contribution in [3.63, 3.8) is 0 Å². The number of oxazole rings is 1. The number of hydrogen-bond donors (Lipinski definition) is 2. The van der Waals surface area contributed by atoms with Crippen LogP contribution in [-0.2, 0) is 27.8 Å². The van der Waals surface area contributed by atoms with Gasteiger partial charge in [-0.3, -0.25) is 0 Å². The number of carbonyl (C=O) groups excluding carboxylic acids is 1. The predicted molar refractivity (Wildman–Crippen MR) is 155 cm³/mol. The molecule has 0 saturated carbocycles. The summed E-state index contributed by atoms with van der Waals surface area (Å²) in [4.78, 5) is 15.1. The third kappa shape index (κ3) is 7.02. The zero-order valence-electron chi connectivity index (χ0n) is 24.0. The van der Waals surface area contributed by atoms with Crippen LogP contribution in [0, 0.1) is 12.7 Å². The second-order valence-corrected chi connectivity index (χ2v) is 11.9. The van der Waals surface area contributed by atoms with Crippen molar-refractivity contribution in [2.75, 3.05) is 6.26 Å².